The lowest BCUT2D eigenvalue weighted by Crippen LogP contribution is -2.23. The third kappa shape index (κ3) is 4.77. The van der Waals surface area contributed by atoms with Gasteiger partial charge >= 0.3 is 0 Å². The topological polar surface area (TPSA) is 12.0 Å². The number of benzene rings is 1. The fourth-order valence-electron chi connectivity index (χ4n) is 1.59. The summed E-state index contributed by atoms with van der Waals surface area (Å²) in [4.78, 5) is 0. The molecule has 1 atom stereocenters. The van der Waals surface area contributed by atoms with Gasteiger partial charge in [-0.1, -0.05) is 37.6 Å². The van der Waals surface area contributed by atoms with E-state index in [1.54, 1.807) is 0 Å². The summed E-state index contributed by atoms with van der Waals surface area (Å²) in [5, 5.41) is 4.33. The van der Waals surface area contributed by atoms with Gasteiger partial charge in [-0.3, -0.25) is 0 Å². The van der Waals surface area contributed by atoms with Crippen molar-refractivity contribution in [1.82, 2.24) is 5.32 Å². The zero-order valence-electron chi connectivity index (χ0n) is 10.0. The lowest BCUT2D eigenvalue weighted by molar-refractivity contribution is 0.606. The van der Waals surface area contributed by atoms with Crippen LogP contribution in [-0.4, -0.2) is 18.1 Å². The highest BCUT2D eigenvalue weighted by Crippen LogP contribution is 2.21. The molecule has 0 aliphatic rings. The van der Waals surface area contributed by atoms with E-state index in [1.807, 2.05) is 23.9 Å². The van der Waals surface area contributed by atoms with E-state index in [4.69, 9.17) is 11.6 Å². The van der Waals surface area contributed by atoms with Gasteiger partial charge in [0.25, 0.3) is 0 Å². The summed E-state index contributed by atoms with van der Waals surface area (Å²) < 4.78 is 0. The lowest BCUT2D eigenvalue weighted by atomic mass is 10.1. The molecule has 0 aromatic heterocycles. The molecule has 1 unspecified atom stereocenters. The first-order valence-corrected chi connectivity index (χ1v) is 7.37. The van der Waals surface area contributed by atoms with E-state index in [1.165, 1.54) is 17.7 Å². The molecule has 1 aromatic rings. The van der Waals surface area contributed by atoms with Crippen molar-refractivity contribution < 1.29 is 0 Å². The molecule has 3 heteroatoms. The van der Waals surface area contributed by atoms with Gasteiger partial charge in [0, 0.05) is 16.8 Å². The van der Waals surface area contributed by atoms with Crippen LogP contribution in [0.2, 0.25) is 5.02 Å². The number of rotatable bonds is 7. The molecule has 90 valence electrons. The van der Waals surface area contributed by atoms with Crippen LogP contribution < -0.4 is 5.32 Å². The van der Waals surface area contributed by atoms with Gasteiger partial charge in [0.05, 0.1) is 0 Å². The lowest BCUT2D eigenvalue weighted by Gasteiger charge is -2.18. The van der Waals surface area contributed by atoms with E-state index in [0.717, 1.165) is 17.3 Å². The molecule has 16 heavy (non-hydrogen) atoms. The predicted octanol–water partition coefficient (Wildman–Crippen LogP) is 4.13. The van der Waals surface area contributed by atoms with E-state index in [9.17, 15) is 0 Å². The minimum atomic E-state index is 0.417. The molecule has 1 aromatic carbocycles. The fraction of sp³-hybridized carbons (Fsp3) is 0.538. The van der Waals surface area contributed by atoms with Crippen LogP contribution >= 0.6 is 23.4 Å². The Labute approximate surface area is 108 Å². The zero-order valence-corrected chi connectivity index (χ0v) is 11.6. The highest BCUT2D eigenvalue weighted by Gasteiger charge is 2.09. The Morgan fingerprint density at radius 1 is 1.38 bits per heavy atom. The van der Waals surface area contributed by atoms with Crippen LogP contribution in [0.1, 0.15) is 31.9 Å². The van der Waals surface area contributed by atoms with Crippen LogP contribution in [-0.2, 0) is 0 Å². The fourth-order valence-corrected chi connectivity index (χ4v) is 2.79. The summed E-state index contributed by atoms with van der Waals surface area (Å²) in [6.45, 7) is 5.35. The molecule has 0 fully saturated rings. The first-order valence-electron chi connectivity index (χ1n) is 5.84. The molecular weight excluding hydrogens is 238 g/mol. The second-order valence-electron chi connectivity index (χ2n) is 3.74. The van der Waals surface area contributed by atoms with Crippen LogP contribution in [0.4, 0.5) is 0 Å². The number of halogens is 1. The predicted molar refractivity (Wildman–Crippen MR) is 75.5 cm³/mol. The molecule has 0 bridgehead atoms. The average molecular weight is 258 g/mol. The summed E-state index contributed by atoms with van der Waals surface area (Å²) in [5.74, 6) is 2.34. The molecule has 1 rings (SSSR count). The smallest absolute Gasteiger partial charge is 0.0412 e. The summed E-state index contributed by atoms with van der Waals surface area (Å²) in [6.07, 6.45) is 1.24. The molecule has 0 heterocycles. The molecule has 1 N–H and O–H groups in total. The third-order valence-corrected chi connectivity index (χ3v) is 3.84. The normalized spacial score (nSPS) is 12.7. The largest absolute Gasteiger partial charge is 0.310 e. The van der Waals surface area contributed by atoms with Crippen molar-refractivity contribution in [2.45, 2.75) is 26.3 Å². The van der Waals surface area contributed by atoms with Crippen LogP contribution in [0, 0.1) is 0 Å². The Kier molecular flexibility index (Phi) is 6.93. The molecule has 1 nitrogen and oxygen atoms in total. The number of nitrogens with one attached hydrogen (secondary N) is 1. The number of thioether (sulfide) groups is 1. The van der Waals surface area contributed by atoms with Gasteiger partial charge < -0.3 is 5.32 Å². The van der Waals surface area contributed by atoms with Crippen LogP contribution in [0.15, 0.2) is 24.3 Å². The maximum Gasteiger partial charge on any atom is 0.0412 e. The van der Waals surface area contributed by atoms with Crippen molar-refractivity contribution in [2.75, 3.05) is 18.1 Å². The van der Waals surface area contributed by atoms with Gasteiger partial charge in [0.1, 0.15) is 0 Å². The first-order chi connectivity index (χ1) is 7.77. The summed E-state index contributed by atoms with van der Waals surface area (Å²) >= 11 is 8.01. The van der Waals surface area contributed by atoms with E-state index in [2.05, 4.69) is 31.3 Å². The molecule has 0 aliphatic carbocycles. The monoisotopic (exact) mass is 257 g/mol. The summed E-state index contributed by atoms with van der Waals surface area (Å²) in [7, 11) is 0. The standard InChI is InChI=1S/C13H20ClNS/c1-3-8-16-10-13(15-4-2)11-6-5-7-12(14)9-11/h5-7,9,13,15H,3-4,8,10H2,1-2H3. The number of hydrogen-bond donors (Lipinski definition) is 1. The van der Waals surface area contributed by atoms with Crippen LogP contribution in [0.5, 0.6) is 0 Å². The molecule has 0 saturated carbocycles. The first kappa shape index (κ1) is 13.9. The SMILES string of the molecule is CCCSCC(NCC)c1cccc(Cl)c1. The third-order valence-electron chi connectivity index (χ3n) is 2.33. The maximum atomic E-state index is 6.02. The average Bonchev–Trinajstić information content (AvgIpc) is 2.28. The quantitative estimate of drug-likeness (QED) is 0.737. The Morgan fingerprint density at radius 2 is 2.19 bits per heavy atom. The van der Waals surface area contributed by atoms with Crippen molar-refractivity contribution in [1.29, 1.82) is 0 Å². The van der Waals surface area contributed by atoms with E-state index in [0.29, 0.717) is 6.04 Å². The highest BCUT2D eigenvalue weighted by molar-refractivity contribution is 7.99. The van der Waals surface area contributed by atoms with E-state index < -0.39 is 0 Å². The summed E-state index contributed by atoms with van der Waals surface area (Å²) in [5.41, 5.74) is 1.29. The zero-order chi connectivity index (χ0) is 11.8. The molecule has 0 radical (unpaired) electrons. The summed E-state index contributed by atoms with van der Waals surface area (Å²) in [6, 6.07) is 8.56. The Bertz CT molecular complexity index is 304. The minimum absolute atomic E-state index is 0.417. The van der Waals surface area contributed by atoms with Gasteiger partial charge in [0.2, 0.25) is 0 Å². The van der Waals surface area contributed by atoms with Gasteiger partial charge in [0.15, 0.2) is 0 Å². The molecule has 0 aliphatic heterocycles. The Morgan fingerprint density at radius 3 is 2.81 bits per heavy atom. The minimum Gasteiger partial charge on any atom is -0.310 e. The molecule has 0 amide bonds. The van der Waals surface area contributed by atoms with Crippen molar-refractivity contribution in [3.05, 3.63) is 34.9 Å². The van der Waals surface area contributed by atoms with Gasteiger partial charge in [-0.05, 0) is 36.4 Å². The Balaban J connectivity index is 2.61. The Hall–Kier alpha value is -0.180. The van der Waals surface area contributed by atoms with Gasteiger partial charge in [-0.25, -0.2) is 0 Å². The van der Waals surface area contributed by atoms with E-state index in [-0.39, 0.29) is 0 Å². The molecule has 0 saturated heterocycles. The molecular formula is C13H20ClNS. The number of hydrogen-bond acceptors (Lipinski definition) is 2. The molecule has 0 spiro atoms. The van der Waals surface area contributed by atoms with Crippen molar-refractivity contribution in [3.63, 3.8) is 0 Å². The van der Waals surface area contributed by atoms with Crippen LogP contribution in [0.25, 0.3) is 0 Å². The van der Waals surface area contributed by atoms with Crippen molar-refractivity contribution in [2.24, 2.45) is 0 Å². The highest BCUT2D eigenvalue weighted by atomic mass is 35.5. The van der Waals surface area contributed by atoms with Gasteiger partial charge in [-0.2, -0.15) is 11.8 Å². The van der Waals surface area contributed by atoms with Crippen molar-refractivity contribution >= 4 is 23.4 Å². The second-order valence-corrected chi connectivity index (χ2v) is 5.33. The van der Waals surface area contributed by atoms with Crippen molar-refractivity contribution in [3.8, 4) is 0 Å². The maximum absolute atomic E-state index is 6.02. The van der Waals surface area contributed by atoms with E-state index >= 15 is 0 Å². The second kappa shape index (κ2) is 7.99. The van der Waals surface area contributed by atoms with Gasteiger partial charge in [-0.15, -0.1) is 0 Å². The van der Waals surface area contributed by atoms with Crippen LogP contribution in [0.3, 0.4) is 0 Å².